The van der Waals surface area contributed by atoms with Crippen LogP contribution >= 0.6 is 11.6 Å². The lowest BCUT2D eigenvalue weighted by atomic mass is 10.2. The van der Waals surface area contributed by atoms with Gasteiger partial charge in [0.25, 0.3) is 0 Å². The van der Waals surface area contributed by atoms with E-state index in [1.165, 1.54) is 0 Å². The molecule has 0 aromatic heterocycles. The van der Waals surface area contributed by atoms with Crippen molar-refractivity contribution in [3.8, 4) is 5.75 Å². The number of carbonyl (C=O) groups excluding carboxylic acids is 1. The van der Waals surface area contributed by atoms with Crippen molar-refractivity contribution in [3.63, 3.8) is 0 Å². The van der Waals surface area contributed by atoms with Gasteiger partial charge in [-0.05, 0) is 35.9 Å². The zero-order valence-electron chi connectivity index (χ0n) is 13.9. The van der Waals surface area contributed by atoms with E-state index in [4.69, 9.17) is 16.3 Å². The number of methoxy groups -OCH3 is 1. The zero-order valence-corrected chi connectivity index (χ0v) is 15.5. The van der Waals surface area contributed by atoms with Gasteiger partial charge in [0, 0.05) is 17.3 Å². The minimum atomic E-state index is -3.56. The van der Waals surface area contributed by atoms with Crippen molar-refractivity contribution in [2.75, 3.05) is 25.2 Å². The molecule has 0 radical (unpaired) electrons. The van der Waals surface area contributed by atoms with Crippen molar-refractivity contribution in [1.82, 2.24) is 4.31 Å². The third-order valence-corrected chi connectivity index (χ3v) is 4.85. The lowest BCUT2D eigenvalue weighted by molar-refractivity contribution is -0.116. The summed E-state index contributed by atoms with van der Waals surface area (Å²) in [5.41, 5.74) is 1.26. The van der Waals surface area contributed by atoms with Crippen molar-refractivity contribution in [2.45, 2.75) is 6.54 Å². The maximum absolute atomic E-state index is 12.2. The van der Waals surface area contributed by atoms with Gasteiger partial charge in [-0.15, -0.1) is 0 Å². The van der Waals surface area contributed by atoms with Crippen molar-refractivity contribution in [1.29, 1.82) is 0 Å². The first kappa shape index (κ1) is 19.2. The fraction of sp³-hybridized carbons (Fsp3) is 0.235. The first-order chi connectivity index (χ1) is 11.8. The molecule has 8 heteroatoms. The number of benzene rings is 2. The van der Waals surface area contributed by atoms with Crippen LogP contribution in [0.5, 0.6) is 5.75 Å². The molecule has 0 atom stereocenters. The molecular weight excluding hydrogens is 364 g/mol. The van der Waals surface area contributed by atoms with E-state index in [0.717, 1.165) is 16.1 Å². The summed E-state index contributed by atoms with van der Waals surface area (Å²) >= 11 is 5.87. The molecule has 0 saturated heterocycles. The van der Waals surface area contributed by atoms with Gasteiger partial charge in [0.1, 0.15) is 5.75 Å². The third kappa shape index (κ3) is 6.04. The van der Waals surface area contributed by atoms with Gasteiger partial charge < -0.3 is 10.1 Å². The molecule has 0 heterocycles. The number of hydrogen-bond donors (Lipinski definition) is 1. The fourth-order valence-corrected chi connectivity index (χ4v) is 3.08. The van der Waals surface area contributed by atoms with Gasteiger partial charge in [0.05, 0.1) is 19.9 Å². The van der Waals surface area contributed by atoms with E-state index in [1.807, 2.05) is 0 Å². The normalized spacial score (nSPS) is 11.4. The predicted molar refractivity (Wildman–Crippen MR) is 98.3 cm³/mol. The molecule has 25 heavy (non-hydrogen) atoms. The van der Waals surface area contributed by atoms with E-state index in [1.54, 1.807) is 55.6 Å². The molecule has 6 nitrogen and oxygen atoms in total. The SMILES string of the molecule is COc1ccc(CN(CC(=O)Nc2cccc(Cl)c2)S(C)(=O)=O)cc1. The Morgan fingerprint density at radius 2 is 1.88 bits per heavy atom. The van der Waals surface area contributed by atoms with Crippen molar-refractivity contribution >= 4 is 33.2 Å². The van der Waals surface area contributed by atoms with Crippen LogP contribution in [0.1, 0.15) is 5.56 Å². The average molecular weight is 383 g/mol. The van der Waals surface area contributed by atoms with E-state index in [0.29, 0.717) is 16.5 Å². The summed E-state index contributed by atoms with van der Waals surface area (Å²) in [4.78, 5) is 12.2. The van der Waals surface area contributed by atoms with Gasteiger partial charge in [-0.2, -0.15) is 4.31 Å². The number of rotatable bonds is 7. The van der Waals surface area contributed by atoms with Crippen LogP contribution in [-0.2, 0) is 21.4 Å². The van der Waals surface area contributed by atoms with Crippen molar-refractivity contribution < 1.29 is 17.9 Å². The molecule has 134 valence electrons. The smallest absolute Gasteiger partial charge is 0.239 e. The molecule has 0 fully saturated rings. The van der Waals surface area contributed by atoms with Gasteiger partial charge in [-0.25, -0.2) is 8.42 Å². The molecular formula is C17H19ClN2O4S. The number of nitrogens with zero attached hydrogens (tertiary/aromatic N) is 1. The second-order valence-corrected chi connectivity index (χ2v) is 7.86. The van der Waals surface area contributed by atoms with Crippen LogP contribution in [-0.4, -0.2) is 38.5 Å². The van der Waals surface area contributed by atoms with Gasteiger partial charge in [0.2, 0.25) is 15.9 Å². The molecule has 2 aromatic rings. The van der Waals surface area contributed by atoms with Crippen LogP contribution in [0.15, 0.2) is 48.5 Å². The highest BCUT2D eigenvalue weighted by atomic mass is 35.5. The van der Waals surface area contributed by atoms with Crippen LogP contribution in [0.25, 0.3) is 0 Å². The molecule has 0 unspecified atom stereocenters. The Hall–Kier alpha value is -2.09. The number of ether oxygens (including phenoxy) is 1. The van der Waals surface area contributed by atoms with E-state index >= 15 is 0 Å². The standard InChI is InChI=1S/C17H19ClN2O4S/c1-24-16-8-6-13(7-9-16)11-20(25(2,22)23)12-17(21)19-15-5-3-4-14(18)10-15/h3-10H,11-12H2,1-2H3,(H,19,21). The Bertz CT molecular complexity index is 838. The molecule has 0 spiro atoms. The second-order valence-electron chi connectivity index (χ2n) is 5.44. The lowest BCUT2D eigenvalue weighted by Crippen LogP contribution is -2.36. The molecule has 0 aliphatic heterocycles. The molecule has 0 aliphatic carbocycles. The zero-order chi connectivity index (χ0) is 18.4. The second kappa shape index (κ2) is 8.33. The van der Waals surface area contributed by atoms with Gasteiger partial charge in [-0.1, -0.05) is 29.8 Å². The fourth-order valence-electron chi connectivity index (χ4n) is 2.15. The van der Waals surface area contributed by atoms with Crippen LogP contribution in [0.4, 0.5) is 5.69 Å². The van der Waals surface area contributed by atoms with Crippen LogP contribution < -0.4 is 10.1 Å². The highest BCUT2D eigenvalue weighted by Gasteiger charge is 2.20. The highest BCUT2D eigenvalue weighted by molar-refractivity contribution is 7.88. The molecule has 0 aliphatic rings. The summed E-state index contributed by atoms with van der Waals surface area (Å²) in [6.07, 6.45) is 1.07. The predicted octanol–water partition coefficient (Wildman–Crippen LogP) is 2.75. The summed E-state index contributed by atoms with van der Waals surface area (Å²) in [6, 6.07) is 13.6. The summed E-state index contributed by atoms with van der Waals surface area (Å²) in [6.45, 7) is -0.205. The lowest BCUT2D eigenvalue weighted by Gasteiger charge is -2.19. The average Bonchev–Trinajstić information content (AvgIpc) is 2.54. The molecule has 1 amide bonds. The minimum absolute atomic E-state index is 0.0891. The Kier molecular flexibility index (Phi) is 6.41. The Labute approximate surface area is 152 Å². The van der Waals surface area contributed by atoms with Crippen molar-refractivity contribution in [3.05, 3.63) is 59.1 Å². The number of sulfonamides is 1. The summed E-state index contributed by atoms with van der Waals surface area (Å²) < 4.78 is 30.2. The highest BCUT2D eigenvalue weighted by Crippen LogP contribution is 2.16. The molecule has 0 saturated carbocycles. The Balaban J connectivity index is 2.08. The van der Waals surface area contributed by atoms with E-state index in [2.05, 4.69) is 5.32 Å². The van der Waals surface area contributed by atoms with E-state index < -0.39 is 15.9 Å². The van der Waals surface area contributed by atoms with Gasteiger partial charge >= 0.3 is 0 Å². The van der Waals surface area contributed by atoms with Crippen molar-refractivity contribution in [2.24, 2.45) is 0 Å². The molecule has 0 bridgehead atoms. The van der Waals surface area contributed by atoms with Crippen LogP contribution in [0.3, 0.4) is 0 Å². The first-order valence-corrected chi connectivity index (χ1v) is 9.64. The number of hydrogen-bond acceptors (Lipinski definition) is 4. The largest absolute Gasteiger partial charge is 0.497 e. The number of halogens is 1. The van der Waals surface area contributed by atoms with Crippen LogP contribution in [0, 0.1) is 0 Å². The third-order valence-electron chi connectivity index (χ3n) is 3.42. The topological polar surface area (TPSA) is 75.7 Å². The first-order valence-electron chi connectivity index (χ1n) is 7.41. The molecule has 2 aromatic carbocycles. The van der Waals surface area contributed by atoms with Gasteiger partial charge in [0.15, 0.2) is 0 Å². The number of carbonyl (C=O) groups is 1. The maximum Gasteiger partial charge on any atom is 0.239 e. The van der Waals surface area contributed by atoms with Gasteiger partial charge in [-0.3, -0.25) is 4.79 Å². The Morgan fingerprint density at radius 3 is 2.44 bits per heavy atom. The maximum atomic E-state index is 12.2. The van der Waals surface area contributed by atoms with E-state index in [9.17, 15) is 13.2 Å². The quantitative estimate of drug-likeness (QED) is 0.798. The summed E-state index contributed by atoms with van der Waals surface area (Å²) in [7, 11) is -2.01. The number of anilines is 1. The molecule has 2 rings (SSSR count). The monoisotopic (exact) mass is 382 g/mol. The van der Waals surface area contributed by atoms with Crippen LogP contribution in [0.2, 0.25) is 5.02 Å². The number of amides is 1. The minimum Gasteiger partial charge on any atom is -0.497 e. The van der Waals surface area contributed by atoms with E-state index in [-0.39, 0.29) is 13.1 Å². The number of nitrogens with one attached hydrogen (secondary N) is 1. The Morgan fingerprint density at radius 1 is 1.20 bits per heavy atom. The summed E-state index contributed by atoms with van der Waals surface area (Å²) in [5.74, 6) is 0.231. The molecule has 1 N–H and O–H groups in total. The summed E-state index contributed by atoms with van der Waals surface area (Å²) in [5, 5.41) is 3.12.